The van der Waals surface area contributed by atoms with Gasteiger partial charge in [0.1, 0.15) is 0 Å². The molecule has 0 saturated heterocycles. The van der Waals surface area contributed by atoms with E-state index >= 15 is 0 Å². The minimum Gasteiger partial charge on any atom is -0.126 e. The Balaban J connectivity index is 2.14. The maximum absolute atomic E-state index is 6.06. The van der Waals surface area contributed by atoms with E-state index in [4.69, 9.17) is 23.2 Å². The molecule has 0 radical (unpaired) electrons. The van der Waals surface area contributed by atoms with Gasteiger partial charge >= 0.3 is 0 Å². The summed E-state index contributed by atoms with van der Waals surface area (Å²) < 4.78 is -0.105. The second-order valence-electron chi connectivity index (χ2n) is 4.29. The summed E-state index contributed by atoms with van der Waals surface area (Å²) in [5, 5.41) is 0. The van der Waals surface area contributed by atoms with E-state index in [9.17, 15) is 0 Å². The summed E-state index contributed by atoms with van der Waals surface area (Å²) in [5.41, 5.74) is 1.29. The SMILES string of the molecule is ClCC1(CCl)C(Cc2ccccc2)C1(Br)Br. The third-order valence-electron chi connectivity index (χ3n) is 3.44. The molecular weight excluding hydrogens is 375 g/mol. The monoisotopic (exact) mass is 384 g/mol. The molecule has 0 amide bonds. The predicted octanol–water partition coefficient (Wildman–Crippen LogP) is 4.81. The highest BCUT2D eigenvalue weighted by Gasteiger charge is 2.73. The molecule has 1 fully saturated rings. The minimum absolute atomic E-state index is 0.0358. The summed E-state index contributed by atoms with van der Waals surface area (Å²) in [4.78, 5) is 0. The zero-order chi connectivity index (χ0) is 11.8. The zero-order valence-corrected chi connectivity index (χ0v) is 13.3. The van der Waals surface area contributed by atoms with Gasteiger partial charge in [-0.05, 0) is 17.9 Å². The highest BCUT2D eigenvalue weighted by Crippen LogP contribution is 2.73. The van der Waals surface area contributed by atoms with Crippen molar-refractivity contribution in [1.82, 2.24) is 0 Å². The molecule has 4 heteroatoms. The Morgan fingerprint density at radius 3 is 2.06 bits per heavy atom. The highest BCUT2D eigenvalue weighted by atomic mass is 79.9. The molecule has 0 heterocycles. The van der Waals surface area contributed by atoms with Gasteiger partial charge in [0.25, 0.3) is 0 Å². The number of benzene rings is 1. The fourth-order valence-corrected chi connectivity index (χ4v) is 5.97. The average Bonchev–Trinajstić information content (AvgIpc) is 2.76. The molecule has 1 unspecified atom stereocenters. The Labute approximate surface area is 123 Å². The third kappa shape index (κ3) is 1.96. The van der Waals surface area contributed by atoms with E-state index in [1.54, 1.807) is 0 Å². The molecule has 0 aliphatic heterocycles. The number of rotatable bonds is 4. The second-order valence-corrected chi connectivity index (χ2v) is 8.39. The molecule has 0 spiro atoms. The van der Waals surface area contributed by atoms with Gasteiger partial charge in [-0.2, -0.15) is 0 Å². The van der Waals surface area contributed by atoms with Gasteiger partial charge in [-0.25, -0.2) is 0 Å². The lowest BCUT2D eigenvalue weighted by Gasteiger charge is -2.10. The maximum atomic E-state index is 6.06. The molecule has 88 valence electrons. The van der Waals surface area contributed by atoms with Crippen LogP contribution in [0.1, 0.15) is 5.56 Å². The van der Waals surface area contributed by atoms with Crippen molar-refractivity contribution in [3.8, 4) is 0 Å². The molecule has 0 nitrogen and oxygen atoms in total. The molecule has 0 bridgehead atoms. The Morgan fingerprint density at radius 1 is 1.06 bits per heavy atom. The van der Waals surface area contributed by atoms with Gasteiger partial charge in [-0.1, -0.05) is 62.2 Å². The minimum atomic E-state index is -0.105. The quantitative estimate of drug-likeness (QED) is 0.651. The van der Waals surface area contributed by atoms with Gasteiger partial charge in [0.2, 0.25) is 0 Å². The topological polar surface area (TPSA) is 0 Å². The van der Waals surface area contributed by atoms with Gasteiger partial charge in [-0.15, -0.1) is 23.2 Å². The van der Waals surface area contributed by atoms with Crippen LogP contribution in [0, 0.1) is 11.3 Å². The van der Waals surface area contributed by atoms with Crippen LogP contribution in [0.4, 0.5) is 0 Å². The van der Waals surface area contributed by atoms with Crippen LogP contribution in [0.15, 0.2) is 30.3 Å². The Kier molecular flexibility index (Phi) is 3.95. The first-order chi connectivity index (χ1) is 7.58. The van der Waals surface area contributed by atoms with E-state index in [2.05, 4.69) is 56.1 Å². The van der Waals surface area contributed by atoms with Gasteiger partial charge in [0.05, 0.1) is 3.23 Å². The van der Waals surface area contributed by atoms with Gasteiger partial charge < -0.3 is 0 Å². The number of hydrogen-bond acceptors (Lipinski definition) is 0. The number of halogens is 4. The first kappa shape index (κ1) is 13.2. The predicted molar refractivity (Wildman–Crippen MR) is 78.1 cm³/mol. The van der Waals surface area contributed by atoms with Crippen LogP contribution < -0.4 is 0 Å². The average molecular weight is 387 g/mol. The van der Waals surface area contributed by atoms with Crippen LogP contribution in [0.2, 0.25) is 0 Å². The van der Waals surface area contributed by atoms with Crippen LogP contribution in [-0.4, -0.2) is 15.0 Å². The number of hydrogen-bond donors (Lipinski definition) is 0. The molecule has 0 N–H and O–H groups in total. The van der Waals surface area contributed by atoms with Crippen molar-refractivity contribution in [3.63, 3.8) is 0 Å². The molecule has 2 rings (SSSR count). The summed E-state index contributed by atoms with van der Waals surface area (Å²) in [7, 11) is 0. The Hall–Kier alpha value is 0.760. The van der Waals surface area contributed by atoms with E-state index in [0.29, 0.717) is 17.7 Å². The van der Waals surface area contributed by atoms with Crippen molar-refractivity contribution in [2.24, 2.45) is 11.3 Å². The molecule has 1 aliphatic rings. The lowest BCUT2D eigenvalue weighted by molar-refractivity contribution is 0.571. The molecule has 1 saturated carbocycles. The summed E-state index contributed by atoms with van der Waals surface area (Å²) in [5.74, 6) is 1.59. The van der Waals surface area contributed by atoms with Crippen molar-refractivity contribution in [1.29, 1.82) is 0 Å². The van der Waals surface area contributed by atoms with Crippen molar-refractivity contribution < 1.29 is 0 Å². The van der Waals surface area contributed by atoms with E-state index in [0.717, 1.165) is 6.42 Å². The lowest BCUT2D eigenvalue weighted by atomic mass is 10.0. The third-order valence-corrected chi connectivity index (χ3v) is 7.08. The summed E-state index contributed by atoms with van der Waals surface area (Å²) in [6.07, 6.45) is 0.997. The van der Waals surface area contributed by atoms with Crippen LogP contribution in [0.3, 0.4) is 0 Å². The van der Waals surface area contributed by atoms with Crippen LogP contribution in [0.25, 0.3) is 0 Å². The Bertz CT molecular complexity index is 361. The summed E-state index contributed by atoms with van der Waals surface area (Å²) in [6, 6.07) is 10.4. The molecule has 1 aromatic carbocycles. The fourth-order valence-electron chi connectivity index (χ4n) is 2.16. The molecule has 0 aromatic heterocycles. The zero-order valence-electron chi connectivity index (χ0n) is 8.60. The van der Waals surface area contributed by atoms with E-state index in [1.807, 2.05) is 6.07 Å². The van der Waals surface area contributed by atoms with Gasteiger partial charge in [0, 0.05) is 17.2 Å². The van der Waals surface area contributed by atoms with Crippen LogP contribution >= 0.6 is 55.1 Å². The first-order valence-corrected chi connectivity index (χ1v) is 7.77. The van der Waals surface area contributed by atoms with E-state index in [-0.39, 0.29) is 8.65 Å². The smallest absolute Gasteiger partial charge is 0.0925 e. The summed E-state index contributed by atoms with van der Waals surface area (Å²) >= 11 is 19.5. The van der Waals surface area contributed by atoms with Crippen LogP contribution in [-0.2, 0) is 6.42 Å². The van der Waals surface area contributed by atoms with Crippen LogP contribution in [0.5, 0.6) is 0 Å². The fraction of sp³-hybridized carbons (Fsp3) is 0.500. The van der Waals surface area contributed by atoms with E-state index in [1.165, 1.54) is 5.56 Å². The Morgan fingerprint density at radius 2 is 1.62 bits per heavy atom. The highest BCUT2D eigenvalue weighted by molar-refractivity contribution is 9.25. The molecule has 1 aromatic rings. The largest absolute Gasteiger partial charge is 0.126 e. The first-order valence-electron chi connectivity index (χ1n) is 5.12. The molecular formula is C12H12Br2Cl2. The van der Waals surface area contributed by atoms with Gasteiger partial charge in [0.15, 0.2) is 0 Å². The maximum Gasteiger partial charge on any atom is 0.0925 e. The van der Waals surface area contributed by atoms with Crippen molar-refractivity contribution in [2.45, 2.75) is 9.65 Å². The van der Waals surface area contributed by atoms with Crippen molar-refractivity contribution >= 4 is 55.1 Å². The lowest BCUT2D eigenvalue weighted by Crippen LogP contribution is -2.13. The van der Waals surface area contributed by atoms with Crippen molar-refractivity contribution in [2.75, 3.05) is 11.8 Å². The standard InChI is InChI=1S/C12H12Br2Cl2/c13-12(14)10(11(12,7-15)8-16)6-9-4-2-1-3-5-9/h1-5,10H,6-8H2. The summed E-state index contributed by atoms with van der Waals surface area (Å²) in [6.45, 7) is 0. The number of alkyl halides is 4. The second kappa shape index (κ2) is 4.79. The molecule has 16 heavy (non-hydrogen) atoms. The van der Waals surface area contributed by atoms with Gasteiger partial charge in [-0.3, -0.25) is 0 Å². The van der Waals surface area contributed by atoms with Crippen molar-refractivity contribution in [3.05, 3.63) is 35.9 Å². The molecule has 1 atom stereocenters. The molecule has 1 aliphatic carbocycles. The normalized spacial score (nSPS) is 25.4. The van der Waals surface area contributed by atoms with E-state index < -0.39 is 0 Å².